The number of fused-ring (bicyclic) bond motifs is 1. The highest BCUT2D eigenvalue weighted by atomic mass is 16.7. The minimum Gasteiger partial charge on any atom is -0.508 e. The fraction of sp³-hybridized carbons (Fsp3) is 0.400. The lowest BCUT2D eigenvalue weighted by molar-refractivity contribution is -0.242. The monoisotopic (exact) mass is 550 g/mol. The molecule has 1 aromatic heterocycles. The van der Waals surface area contributed by atoms with Gasteiger partial charge in [-0.2, -0.15) is 0 Å². The molecule has 3 heterocycles. The maximum Gasteiger partial charge on any atom is 0.239 e. The van der Waals surface area contributed by atoms with Crippen LogP contribution >= 0.6 is 0 Å². The van der Waals surface area contributed by atoms with Gasteiger partial charge in [-0.15, -0.1) is 0 Å². The Bertz CT molecular complexity index is 1390. The lowest BCUT2D eigenvalue weighted by Crippen LogP contribution is -2.55. The molecule has 210 valence electrons. The summed E-state index contributed by atoms with van der Waals surface area (Å²) in [6.45, 7) is -0.659. The molecule has 0 bridgehead atoms. The first kappa shape index (κ1) is 27.1. The van der Waals surface area contributed by atoms with E-state index >= 15 is 0 Å². The molecule has 14 nitrogen and oxygen atoms in total. The standard InChI is InChI=1S/C25H26O14/c26-10-5-12(27)16-15(6-10)38-22(23(19(16)32)39-25-21(34)18(31)14(29)8-36-25)9-1-3-11(4-2-9)37-24-20(33)17(30)13(28)7-35-24/h1-6,13-14,17-18,20-21,24-31,33-34H,7-8H2/t13-,14-,17-,18-,20-,21-,24-,25+/m1/s1. The lowest BCUT2D eigenvalue weighted by atomic mass is 10.1. The third-order valence-electron chi connectivity index (χ3n) is 6.43. The molecule has 0 unspecified atom stereocenters. The van der Waals surface area contributed by atoms with E-state index in [-0.39, 0.29) is 40.4 Å². The number of hydrogen-bond acceptors (Lipinski definition) is 14. The molecule has 0 amide bonds. The topological polar surface area (TPSA) is 229 Å². The van der Waals surface area contributed by atoms with Crippen molar-refractivity contribution in [3.05, 3.63) is 46.6 Å². The summed E-state index contributed by atoms with van der Waals surface area (Å²) in [5, 5.41) is 79.4. The van der Waals surface area contributed by atoms with Gasteiger partial charge in [0.2, 0.25) is 23.8 Å². The average Bonchev–Trinajstić information content (AvgIpc) is 2.90. The highest BCUT2D eigenvalue weighted by Gasteiger charge is 2.41. The van der Waals surface area contributed by atoms with Crippen molar-refractivity contribution in [1.29, 1.82) is 0 Å². The molecule has 0 radical (unpaired) electrons. The zero-order valence-electron chi connectivity index (χ0n) is 20.0. The molecule has 2 aliphatic heterocycles. The molecule has 39 heavy (non-hydrogen) atoms. The molecule has 5 rings (SSSR count). The van der Waals surface area contributed by atoms with Crippen molar-refractivity contribution in [3.8, 4) is 34.3 Å². The molecule has 0 saturated carbocycles. The fourth-order valence-electron chi connectivity index (χ4n) is 4.27. The highest BCUT2D eigenvalue weighted by Crippen LogP contribution is 2.37. The minimum absolute atomic E-state index is 0.176. The molecule has 2 aliphatic rings. The van der Waals surface area contributed by atoms with Crippen molar-refractivity contribution in [1.82, 2.24) is 0 Å². The van der Waals surface area contributed by atoms with E-state index in [0.29, 0.717) is 0 Å². The van der Waals surface area contributed by atoms with Crippen molar-refractivity contribution < 1.29 is 64.2 Å². The van der Waals surface area contributed by atoms with Crippen molar-refractivity contribution in [3.63, 3.8) is 0 Å². The number of benzene rings is 2. The van der Waals surface area contributed by atoms with E-state index in [1.165, 1.54) is 24.3 Å². The predicted molar refractivity (Wildman–Crippen MR) is 128 cm³/mol. The molecule has 3 aromatic rings. The molecule has 8 N–H and O–H groups in total. The van der Waals surface area contributed by atoms with Gasteiger partial charge in [-0.1, -0.05) is 0 Å². The summed E-state index contributed by atoms with van der Waals surface area (Å²) in [5.74, 6) is -1.51. The van der Waals surface area contributed by atoms with E-state index in [2.05, 4.69) is 0 Å². The molecule has 2 saturated heterocycles. The van der Waals surface area contributed by atoms with E-state index in [4.69, 9.17) is 23.4 Å². The Hall–Kier alpha value is -3.47. The molecule has 14 heteroatoms. The molecule has 2 aromatic carbocycles. The summed E-state index contributed by atoms with van der Waals surface area (Å²) in [7, 11) is 0. The molecule has 8 atom stereocenters. The third-order valence-corrected chi connectivity index (χ3v) is 6.43. The Morgan fingerprint density at radius 1 is 0.744 bits per heavy atom. The highest BCUT2D eigenvalue weighted by molar-refractivity contribution is 5.88. The summed E-state index contributed by atoms with van der Waals surface area (Å²) in [6, 6.07) is 7.75. The first-order chi connectivity index (χ1) is 18.5. The number of aromatic hydroxyl groups is 2. The normalized spacial score (nSPS) is 31.2. The van der Waals surface area contributed by atoms with Gasteiger partial charge in [-0.05, 0) is 24.3 Å². The number of aliphatic hydroxyl groups is 6. The quantitative estimate of drug-likeness (QED) is 0.181. The Kier molecular flexibility index (Phi) is 7.37. The van der Waals surface area contributed by atoms with E-state index < -0.39 is 72.7 Å². The van der Waals surface area contributed by atoms with Gasteiger partial charge in [-0.3, -0.25) is 4.79 Å². The Balaban J connectivity index is 1.51. The Labute approximate surface area is 219 Å². The summed E-state index contributed by atoms with van der Waals surface area (Å²) in [5.41, 5.74) is -0.843. The Morgan fingerprint density at radius 3 is 1.90 bits per heavy atom. The number of ether oxygens (including phenoxy) is 4. The van der Waals surface area contributed by atoms with Gasteiger partial charge < -0.3 is 64.2 Å². The van der Waals surface area contributed by atoms with Gasteiger partial charge in [0.25, 0.3) is 0 Å². The largest absolute Gasteiger partial charge is 0.508 e. The predicted octanol–water partition coefficient (Wildman–Crippen LogP) is -1.49. The van der Waals surface area contributed by atoms with Crippen LogP contribution in [0.15, 0.2) is 45.6 Å². The van der Waals surface area contributed by atoms with Crippen LogP contribution in [0, 0.1) is 0 Å². The first-order valence-corrected chi connectivity index (χ1v) is 11.8. The number of phenolic OH excluding ortho intramolecular Hbond substituents is 2. The van der Waals surface area contributed by atoms with Crippen molar-refractivity contribution in [2.45, 2.75) is 49.2 Å². The van der Waals surface area contributed by atoms with Crippen LogP contribution < -0.4 is 14.9 Å². The van der Waals surface area contributed by atoms with Gasteiger partial charge in [0.15, 0.2) is 5.76 Å². The fourth-order valence-corrected chi connectivity index (χ4v) is 4.27. The second-order valence-electron chi connectivity index (χ2n) is 9.19. The Morgan fingerprint density at radius 2 is 1.31 bits per heavy atom. The molecule has 0 aliphatic carbocycles. The van der Waals surface area contributed by atoms with E-state index in [9.17, 15) is 45.6 Å². The van der Waals surface area contributed by atoms with Crippen molar-refractivity contribution >= 4 is 11.0 Å². The van der Waals surface area contributed by atoms with Crippen molar-refractivity contribution in [2.75, 3.05) is 13.2 Å². The van der Waals surface area contributed by atoms with Crippen LogP contribution in [0.5, 0.6) is 23.0 Å². The van der Waals surface area contributed by atoms with Crippen LogP contribution in [0.4, 0.5) is 0 Å². The zero-order valence-corrected chi connectivity index (χ0v) is 20.0. The first-order valence-electron chi connectivity index (χ1n) is 11.8. The van der Waals surface area contributed by atoms with Crippen LogP contribution in [0.1, 0.15) is 0 Å². The van der Waals surface area contributed by atoms with Gasteiger partial charge in [0.1, 0.15) is 64.8 Å². The summed E-state index contributed by atoms with van der Waals surface area (Å²) in [6.07, 6.45) is -11.9. The molecular formula is C25H26O14. The van der Waals surface area contributed by atoms with E-state index in [1.54, 1.807) is 0 Å². The number of aliphatic hydroxyl groups excluding tert-OH is 6. The van der Waals surface area contributed by atoms with E-state index in [0.717, 1.165) is 12.1 Å². The average molecular weight is 550 g/mol. The molecule has 0 spiro atoms. The van der Waals surface area contributed by atoms with Crippen LogP contribution in [0.25, 0.3) is 22.3 Å². The lowest BCUT2D eigenvalue weighted by Gasteiger charge is -2.35. The number of hydrogen-bond donors (Lipinski definition) is 8. The van der Waals surface area contributed by atoms with Crippen LogP contribution in [0.2, 0.25) is 0 Å². The maximum atomic E-state index is 13.4. The molecular weight excluding hydrogens is 524 g/mol. The van der Waals surface area contributed by atoms with Gasteiger partial charge in [-0.25, -0.2) is 0 Å². The van der Waals surface area contributed by atoms with Gasteiger partial charge in [0.05, 0.1) is 13.2 Å². The smallest absolute Gasteiger partial charge is 0.239 e. The summed E-state index contributed by atoms with van der Waals surface area (Å²) >= 11 is 0. The van der Waals surface area contributed by atoms with Crippen molar-refractivity contribution in [2.24, 2.45) is 0 Å². The van der Waals surface area contributed by atoms with Crippen LogP contribution in [-0.2, 0) is 9.47 Å². The maximum absolute atomic E-state index is 13.4. The summed E-state index contributed by atoms with van der Waals surface area (Å²) in [4.78, 5) is 13.4. The second-order valence-corrected chi connectivity index (χ2v) is 9.19. The zero-order chi connectivity index (χ0) is 28.0. The SMILES string of the molecule is O=c1c(O[C@@H]2OC[C@@H](O)[C@@H](O)[C@H]2O)c(-c2ccc(O[C@H]3OC[C@@H](O)[C@@H](O)[C@H]3O)cc2)oc2cc(O)cc(O)c12. The van der Waals surface area contributed by atoms with Gasteiger partial charge >= 0.3 is 0 Å². The van der Waals surface area contributed by atoms with Gasteiger partial charge in [0, 0.05) is 17.7 Å². The van der Waals surface area contributed by atoms with E-state index in [1.807, 2.05) is 0 Å². The second kappa shape index (κ2) is 10.6. The summed E-state index contributed by atoms with van der Waals surface area (Å²) < 4.78 is 27.5. The van der Waals surface area contributed by atoms with Crippen LogP contribution in [-0.4, -0.2) is 103 Å². The molecule has 2 fully saturated rings. The van der Waals surface area contributed by atoms with Crippen LogP contribution in [0.3, 0.4) is 0 Å². The number of phenols is 2. The number of rotatable bonds is 5. The minimum atomic E-state index is -1.74. The third kappa shape index (κ3) is 5.11.